The summed E-state index contributed by atoms with van der Waals surface area (Å²) in [4.78, 5) is 5.96. The van der Waals surface area contributed by atoms with Gasteiger partial charge in [-0.25, -0.2) is 0 Å². The van der Waals surface area contributed by atoms with Gasteiger partial charge in [0.2, 0.25) is 0 Å². The molecule has 0 aliphatic carbocycles. The van der Waals surface area contributed by atoms with E-state index in [-0.39, 0.29) is 11.5 Å². The molecule has 4 heteroatoms. The lowest BCUT2D eigenvalue weighted by Gasteiger charge is -2.50. The Kier molecular flexibility index (Phi) is 3.82. The van der Waals surface area contributed by atoms with Crippen molar-refractivity contribution in [2.24, 2.45) is 5.41 Å². The number of allylic oxidation sites excluding steroid dienone is 1. The Morgan fingerprint density at radius 1 is 1.38 bits per heavy atom. The van der Waals surface area contributed by atoms with Crippen molar-refractivity contribution in [1.29, 1.82) is 0 Å². The van der Waals surface area contributed by atoms with Crippen molar-refractivity contribution in [1.82, 2.24) is 4.98 Å². The molecule has 0 radical (unpaired) electrons. The van der Waals surface area contributed by atoms with Gasteiger partial charge in [-0.3, -0.25) is 4.98 Å². The fraction of sp³-hybridized carbons (Fsp3) is 0.450. The number of methoxy groups -OCH3 is 1. The van der Waals surface area contributed by atoms with Crippen LogP contribution in [0.25, 0.3) is 10.9 Å². The number of rotatable bonds is 4. The number of ether oxygens (including phenoxy) is 1. The first-order valence-electron chi connectivity index (χ1n) is 8.75. The SMILES string of the molecule is C=CC12CC[NH+](CC1)[C@H]([C@@H](O)c1ccnc3ccc(OC)cc13)C2. The molecule has 0 amide bonds. The summed E-state index contributed by atoms with van der Waals surface area (Å²) in [5.41, 5.74) is 2.08. The first-order chi connectivity index (χ1) is 11.7. The van der Waals surface area contributed by atoms with Gasteiger partial charge in [0, 0.05) is 36.3 Å². The number of aliphatic hydroxyl groups is 1. The number of pyridine rings is 1. The van der Waals surface area contributed by atoms with Crippen LogP contribution >= 0.6 is 0 Å². The van der Waals surface area contributed by atoms with E-state index in [1.807, 2.05) is 24.3 Å². The fourth-order valence-corrected chi connectivity index (χ4v) is 4.60. The Labute approximate surface area is 142 Å². The Bertz CT molecular complexity index is 765. The minimum atomic E-state index is -0.488. The van der Waals surface area contributed by atoms with Crippen molar-refractivity contribution in [2.75, 3.05) is 20.2 Å². The molecular weight excluding hydrogens is 300 g/mol. The largest absolute Gasteiger partial charge is 0.497 e. The number of aliphatic hydroxyl groups excluding tert-OH is 1. The lowest BCUT2D eigenvalue weighted by atomic mass is 9.67. The molecule has 2 aromatic rings. The topological polar surface area (TPSA) is 46.8 Å². The monoisotopic (exact) mass is 325 g/mol. The van der Waals surface area contributed by atoms with Gasteiger partial charge in [-0.1, -0.05) is 6.08 Å². The minimum Gasteiger partial charge on any atom is -0.497 e. The number of nitrogens with zero attached hydrogens (tertiary/aromatic N) is 1. The van der Waals surface area contributed by atoms with Crippen LogP contribution in [0.3, 0.4) is 0 Å². The average molecular weight is 325 g/mol. The smallest absolute Gasteiger partial charge is 0.131 e. The van der Waals surface area contributed by atoms with E-state index in [9.17, 15) is 5.11 Å². The highest BCUT2D eigenvalue weighted by atomic mass is 16.5. The van der Waals surface area contributed by atoms with Crippen LogP contribution in [-0.2, 0) is 0 Å². The van der Waals surface area contributed by atoms with E-state index in [0.29, 0.717) is 0 Å². The van der Waals surface area contributed by atoms with Crippen LogP contribution in [0.5, 0.6) is 5.75 Å². The number of fused-ring (bicyclic) bond motifs is 4. The van der Waals surface area contributed by atoms with Gasteiger partial charge >= 0.3 is 0 Å². The molecule has 0 spiro atoms. The molecule has 24 heavy (non-hydrogen) atoms. The standard InChI is InChI=1S/C20H24N2O2/c1-3-20-7-10-22(11-8-20)18(13-20)19(23)15-6-9-21-17-5-4-14(24-2)12-16(15)17/h3-6,9,12,18-19,23H,1,7-8,10-11,13H2,2H3/p+1/t18-,19-/m0/s1. The summed E-state index contributed by atoms with van der Waals surface area (Å²) in [5, 5.41) is 12.2. The van der Waals surface area contributed by atoms with Gasteiger partial charge in [0.15, 0.2) is 0 Å². The summed E-state index contributed by atoms with van der Waals surface area (Å²) >= 11 is 0. The zero-order valence-corrected chi connectivity index (χ0v) is 14.2. The summed E-state index contributed by atoms with van der Waals surface area (Å²) in [7, 11) is 1.66. The summed E-state index contributed by atoms with van der Waals surface area (Å²) < 4.78 is 5.36. The Hall–Kier alpha value is -1.91. The third-order valence-electron chi connectivity index (χ3n) is 6.15. The maximum Gasteiger partial charge on any atom is 0.131 e. The van der Waals surface area contributed by atoms with Crippen LogP contribution in [0.4, 0.5) is 0 Å². The number of quaternary nitrogens is 1. The maximum atomic E-state index is 11.2. The Morgan fingerprint density at radius 2 is 2.17 bits per heavy atom. The molecule has 2 atom stereocenters. The number of nitrogens with one attached hydrogen (secondary N) is 1. The van der Waals surface area contributed by atoms with E-state index >= 15 is 0 Å². The lowest BCUT2D eigenvalue weighted by molar-refractivity contribution is -0.948. The van der Waals surface area contributed by atoms with Crippen molar-refractivity contribution in [3.63, 3.8) is 0 Å². The molecule has 2 bridgehead atoms. The highest BCUT2D eigenvalue weighted by molar-refractivity contribution is 5.83. The normalized spacial score (nSPS) is 30.2. The lowest BCUT2D eigenvalue weighted by Crippen LogP contribution is -3.19. The van der Waals surface area contributed by atoms with Crippen LogP contribution in [0.1, 0.15) is 30.9 Å². The highest BCUT2D eigenvalue weighted by Gasteiger charge is 2.48. The van der Waals surface area contributed by atoms with E-state index in [1.165, 1.54) is 17.7 Å². The summed E-state index contributed by atoms with van der Waals surface area (Å²) in [6, 6.07) is 8.03. The predicted octanol–water partition coefficient (Wildman–Crippen LogP) is 1.90. The van der Waals surface area contributed by atoms with Gasteiger partial charge in [-0.15, -0.1) is 6.58 Å². The first-order valence-corrected chi connectivity index (χ1v) is 8.75. The Morgan fingerprint density at radius 3 is 2.88 bits per heavy atom. The zero-order chi connectivity index (χ0) is 16.7. The minimum absolute atomic E-state index is 0.216. The molecule has 3 aliphatic rings. The second kappa shape index (κ2) is 5.87. The van der Waals surface area contributed by atoms with Crippen LogP contribution in [0.2, 0.25) is 0 Å². The molecule has 5 rings (SSSR count). The molecule has 3 fully saturated rings. The van der Waals surface area contributed by atoms with E-state index in [1.54, 1.807) is 13.3 Å². The quantitative estimate of drug-likeness (QED) is 0.844. The summed E-state index contributed by atoms with van der Waals surface area (Å²) in [6.45, 7) is 6.32. The second-order valence-electron chi connectivity index (χ2n) is 7.26. The molecule has 0 unspecified atom stereocenters. The zero-order valence-electron chi connectivity index (χ0n) is 14.2. The molecule has 126 valence electrons. The van der Waals surface area contributed by atoms with Crippen molar-refractivity contribution in [3.05, 3.63) is 48.7 Å². The van der Waals surface area contributed by atoms with Crippen molar-refractivity contribution in [3.8, 4) is 5.75 Å². The average Bonchev–Trinajstić information content (AvgIpc) is 2.67. The summed E-state index contributed by atoms with van der Waals surface area (Å²) in [5.74, 6) is 0.796. The number of aromatic nitrogens is 1. The number of benzene rings is 1. The Balaban J connectivity index is 1.73. The van der Waals surface area contributed by atoms with E-state index < -0.39 is 6.10 Å². The van der Waals surface area contributed by atoms with E-state index in [0.717, 1.165) is 41.7 Å². The molecule has 4 heterocycles. The fourth-order valence-electron chi connectivity index (χ4n) is 4.60. The number of piperidine rings is 3. The highest BCUT2D eigenvalue weighted by Crippen LogP contribution is 2.40. The van der Waals surface area contributed by atoms with Crippen LogP contribution < -0.4 is 9.64 Å². The number of hydrogen-bond acceptors (Lipinski definition) is 3. The van der Waals surface area contributed by atoms with Crippen molar-refractivity contribution >= 4 is 10.9 Å². The van der Waals surface area contributed by atoms with Gasteiger partial charge in [0.05, 0.1) is 25.7 Å². The first kappa shape index (κ1) is 15.6. The second-order valence-corrected chi connectivity index (χ2v) is 7.26. The van der Waals surface area contributed by atoms with Crippen LogP contribution in [0.15, 0.2) is 43.1 Å². The molecule has 2 N–H and O–H groups in total. The van der Waals surface area contributed by atoms with Gasteiger partial charge in [-0.05, 0) is 29.8 Å². The molecule has 1 aromatic heterocycles. The van der Waals surface area contributed by atoms with Crippen molar-refractivity contribution in [2.45, 2.75) is 31.4 Å². The van der Waals surface area contributed by atoms with Gasteiger partial charge in [0.25, 0.3) is 0 Å². The van der Waals surface area contributed by atoms with Crippen LogP contribution in [0, 0.1) is 5.41 Å². The molecule has 0 saturated carbocycles. The summed E-state index contributed by atoms with van der Waals surface area (Å²) in [6.07, 6.45) is 6.84. The molecule has 4 nitrogen and oxygen atoms in total. The van der Waals surface area contributed by atoms with Crippen LogP contribution in [-0.4, -0.2) is 36.3 Å². The molecular formula is C20H25N2O2+. The molecule has 3 saturated heterocycles. The third-order valence-corrected chi connectivity index (χ3v) is 6.15. The van der Waals surface area contributed by atoms with Crippen molar-refractivity contribution < 1.29 is 14.7 Å². The van der Waals surface area contributed by atoms with E-state index in [2.05, 4.69) is 17.6 Å². The third kappa shape index (κ3) is 2.41. The predicted molar refractivity (Wildman–Crippen MR) is 94.2 cm³/mol. The van der Waals surface area contributed by atoms with Gasteiger partial charge in [-0.2, -0.15) is 0 Å². The maximum absolute atomic E-state index is 11.2. The van der Waals surface area contributed by atoms with Gasteiger partial charge in [0.1, 0.15) is 17.9 Å². The molecule has 1 aromatic carbocycles. The molecule has 3 aliphatic heterocycles. The van der Waals surface area contributed by atoms with E-state index in [4.69, 9.17) is 4.74 Å². The number of hydrogen-bond donors (Lipinski definition) is 2. The van der Waals surface area contributed by atoms with Gasteiger partial charge < -0.3 is 14.7 Å².